The molecular weight excluding hydrogens is 398 g/mol. The van der Waals surface area contributed by atoms with Crippen LogP contribution in [0, 0.1) is 6.92 Å². The Hall–Kier alpha value is -3.20. The highest BCUT2D eigenvalue weighted by Gasteiger charge is 2.41. The minimum Gasteiger partial charge on any atom is -0.479 e. The van der Waals surface area contributed by atoms with Gasteiger partial charge in [-0.3, -0.25) is 4.68 Å². The van der Waals surface area contributed by atoms with Gasteiger partial charge in [-0.15, -0.1) is 11.3 Å². The van der Waals surface area contributed by atoms with Crippen molar-refractivity contribution in [2.75, 3.05) is 12.4 Å². The molecule has 4 aromatic heterocycles. The van der Waals surface area contributed by atoms with E-state index in [9.17, 15) is 0 Å². The van der Waals surface area contributed by atoms with E-state index < -0.39 is 0 Å². The molecule has 0 radical (unpaired) electrons. The van der Waals surface area contributed by atoms with E-state index in [2.05, 4.69) is 33.4 Å². The number of thiazole rings is 1. The third kappa shape index (κ3) is 3.35. The molecule has 4 heterocycles. The molecule has 1 fully saturated rings. The lowest BCUT2D eigenvalue weighted by Crippen LogP contribution is -2.02. The summed E-state index contributed by atoms with van der Waals surface area (Å²) in [6.45, 7) is 4.21. The van der Waals surface area contributed by atoms with Gasteiger partial charge in [0.15, 0.2) is 5.13 Å². The van der Waals surface area contributed by atoms with Crippen LogP contribution in [-0.4, -0.2) is 36.4 Å². The van der Waals surface area contributed by atoms with Crippen LogP contribution < -0.4 is 10.1 Å². The Morgan fingerprint density at radius 3 is 2.73 bits per heavy atom. The van der Waals surface area contributed by atoms with E-state index in [0.717, 1.165) is 39.4 Å². The zero-order valence-corrected chi connectivity index (χ0v) is 18.2. The van der Waals surface area contributed by atoms with Gasteiger partial charge in [-0.1, -0.05) is 6.92 Å². The number of hydrogen-bond acceptors (Lipinski definition) is 7. The fraction of sp³-hybridized carbons (Fsp3) is 0.333. The van der Waals surface area contributed by atoms with Gasteiger partial charge in [0.25, 0.3) is 0 Å². The van der Waals surface area contributed by atoms with Crippen molar-refractivity contribution in [2.45, 2.75) is 32.1 Å². The number of imidazole rings is 1. The summed E-state index contributed by atoms with van der Waals surface area (Å²) in [5.74, 6) is 1.47. The van der Waals surface area contributed by atoms with Crippen molar-refractivity contribution in [1.82, 2.24) is 29.3 Å². The van der Waals surface area contributed by atoms with Crippen LogP contribution in [0.15, 0.2) is 36.1 Å². The minimum absolute atomic E-state index is 0.238. The maximum absolute atomic E-state index is 5.52. The van der Waals surface area contributed by atoms with Crippen molar-refractivity contribution in [3.63, 3.8) is 0 Å². The lowest BCUT2D eigenvalue weighted by Gasteiger charge is -2.09. The predicted octanol–water partition coefficient (Wildman–Crippen LogP) is 4.24. The summed E-state index contributed by atoms with van der Waals surface area (Å²) in [5, 5.41) is 10.8. The number of ether oxygens (including phenoxy) is 1. The second-order valence-electron chi connectivity index (χ2n) is 7.91. The Balaban J connectivity index is 1.39. The molecule has 1 N–H and O–H groups in total. The number of rotatable bonds is 6. The maximum Gasteiger partial charge on any atom is 0.238 e. The minimum atomic E-state index is 0.238. The molecule has 0 amide bonds. The van der Waals surface area contributed by atoms with E-state index in [-0.39, 0.29) is 5.41 Å². The molecular formula is C21H23N7OS. The van der Waals surface area contributed by atoms with E-state index in [0.29, 0.717) is 5.88 Å². The lowest BCUT2D eigenvalue weighted by molar-refractivity contribution is 0.396. The Kier molecular flexibility index (Phi) is 4.35. The van der Waals surface area contributed by atoms with Crippen molar-refractivity contribution in [3.05, 3.63) is 47.5 Å². The van der Waals surface area contributed by atoms with Crippen LogP contribution in [0.3, 0.4) is 0 Å². The van der Waals surface area contributed by atoms with Crippen molar-refractivity contribution in [2.24, 2.45) is 7.05 Å². The topological polar surface area (TPSA) is 82.7 Å². The lowest BCUT2D eigenvalue weighted by atomic mass is 10.1. The summed E-state index contributed by atoms with van der Waals surface area (Å²) in [7, 11) is 3.57. The first-order valence-electron chi connectivity index (χ1n) is 9.79. The summed E-state index contributed by atoms with van der Waals surface area (Å²) < 4.78 is 9.30. The molecule has 1 saturated carbocycles. The largest absolute Gasteiger partial charge is 0.479 e. The zero-order chi connectivity index (χ0) is 20.9. The van der Waals surface area contributed by atoms with Gasteiger partial charge in [0.1, 0.15) is 17.2 Å². The van der Waals surface area contributed by atoms with E-state index in [1.54, 1.807) is 13.4 Å². The summed E-state index contributed by atoms with van der Waals surface area (Å²) >= 11 is 1.54. The number of hydrogen-bond donors (Lipinski definition) is 1. The number of methoxy groups -OCH3 is 1. The monoisotopic (exact) mass is 421 g/mol. The molecule has 0 unspecified atom stereocenters. The smallest absolute Gasteiger partial charge is 0.238 e. The molecule has 1 aliphatic carbocycles. The van der Waals surface area contributed by atoms with Crippen LogP contribution in [0.25, 0.3) is 17.1 Å². The Bertz CT molecular complexity index is 1220. The molecule has 0 spiro atoms. The fourth-order valence-corrected chi connectivity index (χ4v) is 4.07. The van der Waals surface area contributed by atoms with Crippen LogP contribution in [0.2, 0.25) is 0 Å². The van der Waals surface area contributed by atoms with E-state index in [1.807, 2.05) is 46.9 Å². The van der Waals surface area contributed by atoms with Crippen LogP contribution in [0.1, 0.15) is 31.2 Å². The maximum atomic E-state index is 5.52. The van der Waals surface area contributed by atoms with Gasteiger partial charge < -0.3 is 14.6 Å². The van der Waals surface area contributed by atoms with Gasteiger partial charge >= 0.3 is 0 Å². The first-order valence-corrected chi connectivity index (χ1v) is 10.7. The summed E-state index contributed by atoms with van der Waals surface area (Å²) in [4.78, 5) is 13.6. The average Bonchev–Trinajstić information content (AvgIpc) is 3.08. The first kappa shape index (κ1) is 18.8. The molecule has 30 heavy (non-hydrogen) atoms. The molecule has 0 bridgehead atoms. The molecule has 1 aliphatic rings. The highest BCUT2D eigenvalue weighted by atomic mass is 32.1. The second-order valence-corrected chi connectivity index (χ2v) is 8.77. The molecule has 4 aromatic rings. The quantitative estimate of drug-likeness (QED) is 0.501. The Morgan fingerprint density at radius 2 is 2.03 bits per heavy atom. The van der Waals surface area contributed by atoms with Crippen molar-refractivity contribution < 1.29 is 4.74 Å². The number of anilines is 2. The van der Waals surface area contributed by atoms with Gasteiger partial charge in [0.2, 0.25) is 5.88 Å². The van der Waals surface area contributed by atoms with Crippen LogP contribution in [0.4, 0.5) is 10.9 Å². The van der Waals surface area contributed by atoms with Crippen LogP contribution in [0.5, 0.6) is 5.88 Å². The third-order valence-electron chi connectivity index (χ3n) is 5.52. The molecule has 154 valence electrons. The fourth-order valence-electron chi connectivity index (χ4n) is 3.36. The van der Waals surface area contributed by atoms with Crippen molar-refractivity contribution in [3.8, 4) is 23.0 Å². The van der Waals surface area contributed by atoms with Gasteiger partial charge in [-0.2, -0.15) is 5.10 Å². The standard InChI is InChI=1S/C21H23N7OS/c1-13-10-28(12-22-13)16-6-5-14(23-19(16)29-4)15-11-30-20(24-15)25-18-9-17(26-27(18)3)21(2)7-8-21/h5-6,9-12H,7-8H2,1-4H3,(H,24,25). The molecule has 0 aromatic carbocycles. The van der Waals surface area contributed by atoms with E-state index >= 15 is 0 Å². The van der Waals surface area contributed by atoms with Crippen LogP contribution in [-0.2, 0) is 12.5 Å². The normalized spacial score (nSPS) is 14.7. The summed E-state index contributed by atoms with van der Waals surface area (Å²) in [5.41, 5.74) is 4.71. The third-order valence-corrected chi connectivity index (χ3v) is 6.28. The molecule has 0 atom stereocenters. The van der Waals surface area contributed by atoms with Gasteiger partial charge in [-0.05, 0) is 31.9 Å². The number of aryl methyl sites for hydroxylation is 2. The molecule has 0 saturated heterocycles. The average molecular weight is 422 g/mol. The number of nitrogens with one attached hydrogen (secondary N) is 1. The van der Waals surface area contributed by atoms with Crippen molar-refractivity contribution >= 4 is 22.3 Å². The zero-order valence-electron chi connectivity index (χ0n) is 17.4. The number of pyridine rings is 1. The van der Waals surface area contributed by atoms with E-state index in [1.165, 1.54) is 24.2 Å². The van der Waals surface area contributed by atoms with Gasteiger partial charge in [-0.25, -0.2) is 15.0 Å². The second kappa shape index (κ2) is 6.94. The Morgan fingerprint density at radius 1 is 1.20 bits per heavy atom. The molecule has 9 heteroatoms. The predicted molar refractivity (Wildman–Crippen MR) is 117 cm³/mol. The SMILES string of the molecule is COc1nc(-c2csc(Nc3cc(C4(C)CC4)nn3C)n2)ccc1-n1cnc(C)c1. The van der Waals surface area contributed by atoms with Crippen molar-refractivity contribution in [1.29, 1.82) is 0 Å². The molecule has 0 aliphatic heterocycles. The highest BCUT2D eigenvalue weighted by Crippen LogP contribution is 2.47. The summed E-state index contributed by atoms with van der Waals surface area (Å²) in [6, 6.07) is 6.04. The highest BCUT2D eigenvalue weighted by molar-refractivity contribution is 7.14. The Labute approximate surface area is 178 Å². The number of aromatic nitrogens is 6. The number of nitrogens with zero attached hydrogens (tertiary/aromatic N) is 6. The molecule has 8 nitrogen and oxygen atoms in total. The van der Waals surface area contributed by atoms with E-state index in [4.69, 9.17) is 9.72 Å². The summed E-state index contributed by atoms with van der Waals surface area (Å²) in [6.07, 6.45) is 6.10. The van der Waals surface area contributed by atoms with Gasteiger partial charge in [0, 0.05) is 30.1 Å². The van der Waals surface area contributed by atoms with Gasteiger partial charge in [0.05, 0.1) is 30.5 Å². The van der Waals surface area contributed by atoms with Crippen LogP contribution >= 0.6 is 11.3 Å². The first-order chi connectivity index (χ1) is 14.4. The molecule has 5 rings (SSSR count).